The highest BCUT2D eigenvalue weighted by Gasteiger charge is 2.35. The van der Waals surface area contributed by atoms with E-state index in [2.05, 4.69) is 65.4 Å². The van der Waals surface area contributed by atoms with Crippen molar-refractivity contribution in [1.29, 1.82) is 0 Å². The number of hydrogen-bond donors (Lipinski definition) is 1. The quantitative estimate of drug-likeness (QED) is 0.760. The van der Waals surface area contributed by atoms with Crippen molar-refractivity contribution in [2.75, 3.05) is 27.2 Å². The molecule has 0 radical (unpaired) electrons. The molecule has 0 aromatic heterocycles. The molecular weight excluding hydrogens is 222 g/mol. The van der Waals surface area contributed by atoms with Crippen LogP contribution in [0.15, 0.2) is 0 Å². The van der Waals surface area contributed by atoms with E-state index >= 15 is 0 Å². The molecule has 110 valence electrons. The van der Waals surface area contributed by atoms with Crippen LogP contribution in [-0.2, 0) is 0 Å². The molecular formula is C15H35N3. The van der Waals surface area contributed by atoms with Gasteiger partial charge >= 0.3 is 0 Å². The van der Waals surface area contributed by atoms with Crippen LogP contribution in [0, 0.1) is 5.41 Å². The van der Waals surface area contributed by atoms with E-state index in [0.717, 1.165) is 19.5 Å². The molecule has 0 saturated carbocycles. The molecule has 3 nitrogen and oxygen atoms in total. The van der Waals surface area contributed by atoms with E-state index in [4.69, 9.17) is 5.73 Å². The third-order valence-corrected chi connectivity index (χ3v) is 3.68. The Kier molecular flexibility index (Phi) is 7.41. The Bertz CT molecular complexity index is 220. The van der Waals surface area contributed by atoms with Crippen LogP contribution in [0.5, 0.6) is 0 Å². The highest BCUT2D eigenvalue weighted by molar-refractivity contribution is 4.92. The second-order valence-corrected chi connectivity index (χ2v) is 6.82. The molecule has 0 aromatic rings. The minimum atomic E-state index is 0.214. The largest absolute Gasteiger partial charge is 0.326 e. The zero-order valence-corrected chi connectivity index (χ0v) is 13.8. The van der Waals surface area contributed by atoms with Crippen LogP contribution in [-0.4, -0.2) is 55.1 Å². The average molecular weight is 257 g/mol. The molecule has 0 bridgehead atoms. The maximum Gasteiger partial charge on any atom is 0.0298 e. The molecule has 18 heavy (non-hydrogen) atoms. The van der Waals surface area contributed by atoms with Gasteiger partial charge in [0.05, 0.1) is 0 Å². The van der Waals surface area contributed by atoms with E-state index in [1.165, 1.54) is 0 Å². The van der Waals surface area contributed by atoms with Crippen molar-refractivity contribution in [2.24, 2.45) is 11.1 Å². The second-order valence-electron chi connectivity index (χ2n) is 6.82. The van der Waals surface area contributed by atoms with Gasteiger partial charge in [0, 0.05) is 24.7 Å². The molecule has 0 aromatic carbocycles. The van der Waals surface area contributed by atoms with Crippen LogP contribution in [0.3, 0.4) is 0 Å². The summed E-state index contributed by atoms with van der Waals surface area (Å²) in [6.45, 7) is 15.8. The zero-order valence-electron chi connectivity index (χ0n) is 13.8. The SMILES string of the molecule is CCC(N)C(N(CC)C(C)CN(C)C)C(C)(C)C. The summed E-state index contributed by atoms with van der Waals surface area (Å²) in [6, 6.07) is 1.21. The van der Waals surface area contributed by atoms with Crippen molar-refractivity contribution in [2.45, 2.75) is 66.1 Å². The van der Waals surface area contributed by atoms with E-state index in [9.17, 15) is 0 Å². The number of rotatable bonds is 7. The van der Waals surface area contributed by atoms with Crippen LogP contribution in [0.1, 0.15) is 48.0 Å². The van der Waals surface area contributed by atoms with Crippen molar-refractivity contribution in [1.82, 2.24) is 9.80 Å². The molecule has 0 spiro atoms. The summed E-state index contributed by atoms with van der Waals surface area (Å²) in [5, 5.41) is 0. The van der Waals surface area contributed by atoms with Crippen LogP contribution in [0.2, 0.25) is 0 Å². The summed E-state index contributed by atoms with van der Waals surface area (Å²) >= 11 is 0. The van der Waals surface area contributed by atoms with Crippen molar-refractivity contribution < 1.29 is 0 Å². The lowest BCUT2D eigenvalue weighted by Gasteiger charge is -2.46. The molecule has 0 aliphatic carbocycles. The van der Waals surface area contributed by atoms with Crippen LogP contribution in [0.4, 0.5) is 0 Å². The Labute approximate surface area is 115 Å². The Balaban J connectivity index is 5.04. The molecule has 3 heteroatoms. The molecule has 0 aliphatic heterocycles. The standard InChI is InChI=1S/C15H35N3/c1-9-13(16)14(15(4,5)6)18(10-2)12(3)11-17(7)8/h12-14H,9-11,16H2,1-8H3. The van der Waals surface area contributed by atoms with Gasteiger partial charge in [-0.2, -0.15) is 0 Å². The Hall–Kier alpha value is -0.120. The monoisotopic (exact) mass is 257 g/mol. The summed E-state index contributed by atoms with van der Waals surface area (Å²) in [5.74, 6) is 0. The van der Waals surface area contributed by atoms with E-state index in [1.54, 1.807) is 0 Å². The fourth-order valence-corrected chi connectivity index (χ4v) is 3.02. The first-order valence-corrected chi connectivity index (χ1v) is 7.31. The molecule has 0 saturated heterocycles. The van der Waals surface area contributed by atoms with Gasteiger partial charge in [-0.05, 0) is 39.4 Å². The summed E-state index contributed by atoms with van der Waals surface area (Å²) in [7, 11) is 4.27. The summed E-state index contributed by atoms with van der Waals surface area (Å²) in [4.78, 5) is 4.83. The van der Waals surface area contributed by atoms with E-state index < -0.39 is 0 Å². The van der Waals surface area contributed by atoms with Gasteiger partial charge in [0.15, 0.2) is 0 Å². The lowest BCUT2D eigenvalue weighted by atomic mass is 9.80. The van der Waals surface area contributed by atoms with Crippen molar-refractivity contribution >= 4 is 0 Å². The topological polar surface area (TPSA) is 32.5 Å². The highest BCUT2D eigenvalue weighted by Crippen LogP contribution is 2.29. The Morgan fingerprint density at radius 3 is 1.89 bits per heavy atom. The lowest BCUT2D eigenvalue weighted by Crippen LogP contribution is -2.58. The number of nitrogens with two attached hydrogens (primary N) is 1. The lowest BCUT2D eigenvalue weighted by molar-refractivity contribution is 0.0404. The van der Waals surface area contributed by atoms with Crippen LogP contribution >= 0.6 is 0 Å². The third kappa shape index (κ3) is 5.25. The minimum Gasteiger partial charge on any atom is -0.326 e. The highest BCUT2D eigenvalue weighted by atomic mass is 15.2. The van der Waals surface area contributed by atoms with Gasteiger partial charge in [0.25, 0.3) is 0 Å². The van der Waals surface area contributed by atoms with Gasteiger partial charge in [0.2, 0.25) is 0 Å². The molecule has 2 N–H and O–H groups in total. The number of hydrogen-bond acceptors (Lipinski definition) is 3. The number of nitrogens with zero attached hydrogens (tertiary/aromatic N) is 2. The van der Waals surface area contributed by atoms with Crippen LogP contribution in [0.25, 0.3) is 0 Å². The van der Waals surface area contributed by atoms with Gasteiger partial charge in [0.1, 0.15) is 0 Å². The maximum absolute atomic E-state index is 6.39. The normalized spacial score (nSPS) is 18.2. The van der Waals surface area contributed by atoms with Gasteiger partial charge in [-0.25, -0.2) is 0 Å². The van der Waals surface area contributed by atoms with E-state index in [1.807, 2.05) is 0 Å². The van der Waals surface area contributed by atoms with Gasteiger partial charge in [-0.1, -0.05) is 34.6 Å². The first-order valence-electron chi connectivity index (χ1n) is 7.31. The first-order chi connectivity index (χ1) is 8.15. The summed E-state index contributed by atoms with van der Waals surface area (Å²) in [5.41, 5.74) is 6.61. The summed E-state index contributed by atoms with van der Waals surface area (Å²) < 4.78 is 0. The molecule has 0 rings (SSSR count). The van der Waals surface area contributed by atoms with Crippen molar-refractivity contribution in [3.8, 4) is 0 Å². The fraction of sp³-hybridized carbons (Fsp3) is 1.00. The van der Waals surface area contributed by atoms with Gasteiger partial charge in [-0.3, -0.25) is 4.90 Å². The van der Waals surface area contributed by atoms with Crippen molar-refractivity contribution in [3.05, 3.63) is 0 Å². The fourth-order valence-electron chi connectivity index (χ4n) is 3.02. The van der Waals surface area contributed by atoms with E-state index in [0.29, 0.717) is 12.1 Å². The third-order valence-electron chi connectivity index (χ3n) is 3.68. The van der Waals surface area contributed by atoms with E-state index in [-0.39, 0.29) is 11.5 Å². The molecule has 3 atom stereocenters. The smallest absolute Gasteiger partial charge is 0.0298 e. The molecule has 0 aliphatic rings. The predicted octanol–water partition coefficient (Wildman–Crippen LogP) is 2.41. The molecule has 0 fully saturated rings. The maximum atomic E-state index is 6.39. The average Bonchev–Trinajstić information content (AvgIpc) is 2.21. The Morgan fingerprint density at radius 1 is 1.11 bits per heavy atom. The first kappa shape index (κ1) is 17.9. The molecule has 3 unspecified atom stereocenters. The number of likely N-dealkylation sites (N-methyl/N-ethyl adjacent to an activating group) is 2. The Morgan fingerprint density at radius 2 is 1.61 bits per heavy atom. The van der Waals surface area contributed by atoms with Gasteiger partial charge in [-0.15, -0.1) is 0 Å². The van der Waals surface area contributed by atoms with Gasteiger partial charge < -0.3 is 10.6 Å². The summed E-state index contributed by atoms with van der Waals surface area (Å²) in [6.07, 6.45) is 1.03. The van der Waals surface area contributed by atoms with Crippen molar-refractivity contribution in [3.63, 3.8) is 0 Å². The van der Waals surface area contributed by atoms with Crippen LogP contribution < -0.4 is 5.73 Å². The molecule has 0 heterocycles. The minimum absolute atomic E-state index is 0.214. The zero-order chi connectivity index (χ0) is 14.5. The second kappa shape index (κ2) is 7.46. The molecule has 0 amide bonds. The predicted molar refractivity (Wildman–Crippen MR) is 81.9 cm³/mol.